The highest BCUT2D eigenvalue weighted by atomic mass is 16.6. The van der Waals surface area contributed by atoms with E-state index in [2.05, 4.69) is 10.1 Å². The van der Waals surface area contributed by atoms with Crippen LogP contribution in [0.1, 0.15) is 41.7 Å². The molecule has 0 aromatic carbocycles. The Bertz CT molecular complexity index is 652. The van der Waals surface area contributed by atoms with Crippen molar-refractivity contribution < 1.29 is 18.8 Å². The second kappa shape index (κ2) is 5.81. The van der Waals surface area contributed by atoms with E-state index >= 15 is 0 Å². The topological polar surface area (TPSA) is 74.5 Å². The molecule has 1 aliphatic carbocycles. The van der Waals surface area contributed by atoms with Crippen LogP contribution in [0.5, 0.6) is 0 Å². The molecule has 0 radical (unpaired) electrons. The molecule has 2 aromatic heterocycles. The normalized spacial score (nSPS) is 22.4. The molecule has 112 valence electrons. The summed E-state index contributed by atoms with van der Waals surface area (Å²) in [5.41, 5.74) is 1.55. The van der Waals surface area contributed by atoms with Gasteiger partial charge in [-0.3, -0.25) is 0 Å². The van der Waals surface area contributed by atoms with Gasteiger partial charge >= 0.3 is 5.97 Å². The standard InChI is InChI=1S/C15H18N2O4/c1-9-11-7-10(8-16-14(11)21-17-9)15(18)20-13-6-4-3-5-12(13)19-2/h7-8,12-13H,3-6H2,1-2H3/t12-,13+/m1/s1. The fraction of sp³-hybridized carbons (Fsp3) is 0.533. The minimum atomic E-state index is -0.376. The molecule has 0 N–H and O–H groups in total. The van der Waals surface area contributed by atoms with Crippen molar-refractivity contribution in [3.8, 4) is 0 Å². The molecule has 0 amide bonds. The Labute approximate surface area is 122 Å². The van der Waals surface area contributed by atoms with Crippen molar-refractivity contribution in [2.75, 3.05) is 7.11 Å². The molecule has 2 atom stereocenters. The lowest BCUT2D eigenvalue weighted by Crippen LogP contribution is -2.35. The average Bonchev–Trinajstić information content (AvgIpc) is 2.88. The van der Waals surface area contributed by atoms with Crippen LogP contribution < -0.4 is 0 Å². The molecule has 0 aliphatic heterocycles. The van der Waals surface area contributed by atoms with Gasteiger partial charge in [-0.05, 0) is 32.3 Å². The number of ether oxygens (including phenoxy) is 2. The Kier molecular flexibility index (Phi) is 3.88. The number of hydrogen-bond acceptors (Lipinski definition) is 6. The fourth-order valence-electron chi connectivity index (χ4n) is 2.73. The third kappa shape index (κ3) is 2.76. The minimum absolute atomic E-state index is 0.0169. The number of methoxy groups -OCH3 is 1. The van der Waals surface area contributed by atoms with Gasteiger partial charge in [-0.1, -0.05) is 11.6 Å². The first kappa shape index (κ1) is 14.0. The van der Waals surface area contributed by atoms with E-state index in [1.807, 2.05) is 6.92 Å². The molecule has 6 nitrogen and oxygen atoms in total. The zero-order valence-corrected chi connectivity index (χ0v) is 12.2. The maximum Gasteiger partial charge on any atom is 0.340 e. The lowest BCUT2D eigenvalue weighted by molar-refractivity contribution is -0.0539. The SMILES string of the molecule is CO[C@@H]1CCCC[C@@H]1OC(=O)c1cnc2onc(C)c2c1. The van der Waals surface area contributed by atoms with Gasteiger partial charge in [0.15, 0.2) is 0 Å². The van der Waals surface area contributed by atoms with Crippen LogP contribution in [0.15, 0.2) is 16.8 Å². The van der Waals surface area contributed by atoms with Crippen molar-refractivity contribution in [2.45, 2.75) is 44.8 Å². The van der Waals surface area contributed by atoms with Crippen molar-refractivity contribution in [2.24, 2.45) is 0 Å². The van der Waals surface area contributed by atoms with Gasteiger partial charge in [0.05, 0.1) is 22.7 Å². The molecule has 3 rings (SSSR count). The molecule has 2 heterocycles. The summed E-state index contributed by atoms with van der Waals surface area (Å²) < 4.78 is 16.0. The second-order valence-corrected chi connectivity index (χ2v) is 5.35. The molecule has 1 aliphatic rings. The minimum Gasteiger partial charge on any atom is -0.456 e. The number of pyridine rings is 1. The average molecular weight is 290 g/mol. The summed E-state index contributed by atoms with van der Waals surface area (Å²) in [6.07, 6.45) is 5.19. The van der Waals surface area contributed by atoms with E-state index in [0.717, 1.165) is 31.1 Å². The predicted molar refractivity (Wildman–Crippen MR) is 75.0 cm³/mol. The van der Waals surface area contributed by atoms with Crippen LogP contribution in [0.4, 0.5) is 0 Å². The molecule has 21 heavy (non-hydrogen) atoms. The first-order chi connectivity index (χ1) is 10.2. The number of carbonyl (C=O) groups is 1. The molecule has 2 aromatic rings. The number of nitrogens with zero attached hydrogens (tertiary/aromatic N) is 2. The van der Waals surface area contributed by atoms with Crippen LogP contribution in [0, 0.1) is 6.92 Å². The summed E-state index contributed by atoms with van der Waals surface area (Å²) >= 11 is 0. The maximum absolute atomic E-state index is 12.3. The van der Waals surface area contributed by atoms with E-state index in [1.165, 1.54) is 6.20 Å². The van der Waals surface area contributed by atoms with Crippen LogP contribution in [0.3, 0.4) is 0 Å². The van der Waals surface area contributed by atoms with E-state index in [0.29, 0.717) is 17.0 Å². The van der Waals surface area contributed by atoms with Gasteiger partial charge in [-0.2, -0.15) is 0 Å². The van der Waals surface area contributed by atoms with Crippen LogP contribution in [0.2, 0.25) is 0 Å². The third-order valence-corrected chi connectivity index (χ3v) is 3.95. The molecule has 6 heteroatoms. The Hall–Kier alpha value is -1.95. The number of rotatable bonds is 3. The molecule has 0 spiro atoms. The first-order valence-corrected chi connectivity index (χ1v) is 7.15. The van der Waals surface area contributed by atoms with Gasteiger partial charge in [0.2, 0.25) is 0 Å². The lowest BCUT2D eigenvalue weighted by atomic mass is 9.94. The van der Waals surface area contributed by atoms with E-state index in [4.69, 9.17) is 14.0 Å². The molecule has 0 saturated heterocycles. The highest BCUT2D eigenvalue weighted by Gasteiger charge is 2.28. The number of hydrogen-bond donors (Lipinski definition) is 0. The van der Waals surface area contributed by atoms with Crippen molar-refractivity contribution in [1.29, 1.82) is 0 Å². The Morgan fingerprint density at radius 3 is 2.86 bits per heavy atom. The molecule has 0 bridgehead atoms. The molecule has 1 fully saturated rings. The van der Waals surface area contributed by atoms with Gasteiger partial charge in [0.1, 0.15) is 6.10 Å². The van der Waals surface area contributed by atoms with E-state index in [1.54, 1.807) is 13.2 Å². The molecular weight excluding hydrogens is 272 g/mol. The van der Waals surface area contributed by atoms with Crippen molar-refractivity contribution >= 4 is 17.1 Å². The third-order valence-electron chi connectivity index (χ3n) is 3.95. The van der Waals surface area contributed by atoms with Crippen molar-refractivity contribution in [3.63, 3.8) is 0 Å². The zero-order chi connectivity index (χ0) is 14.8. The monoisotopic (exact) mass is 290 g/mol. The molecule has 1 saturated carbocycles. The lowest BCUT2D eigenvalue weighted by Gasteiger charge is -2.29. The van der Waals surface area contributed by atoms with Crippen molar-refractivity contribution in [1.82, 2.24) is 10.1 Å². The van der Waals surface area contributed by atoms with Gasteiger partial charge in [-0.15, -0.1) is 0 Å². The second-order valence-electron chi connectivity index (χ2n) is 5.35. The van der Waals surface area contributed by atoms with Gasteiger partial charge in [0.25, 0.3) is 5.71 Å². The molecular formula is C15H18N2O4. The summed E-state index contributed by atoms with van der Waals surface area (Å²) in [6.45, 7) is 1.81. The van der Waals surface area contributed by atoms with E-state index < -0.39 is 0 Å². The number of aryl methyl sites for hydroxylation is 1. The zero-order valence-electron chi connectivity index (χ0n) is 12.2. The highest BCUT2D eigenvalue weighted by molar-refractivity contribution is 5.93. The quantitative estimate of drug-likeness (QED) is 0.809. The van der Waals surface area contributed by atoms with Gasteiger partial charge < -0.3 is 14.0 Å². The maximum atomic E-state index is 12.3. The fourth-order valence-corrected chi connectivity index (χ4v) is 2.73. The van der Waals surface area contributed by atoms with Gasteiger partial charge in [-0.25, -0.2) is 9.78 Å². The first-order valence-electron chi connectivity index (χ1n) is 7.15. The van der Waals surface area contributed by atoms with E-state index in [-0.39, 0.29) is 18.2 Å². The van der Waals surface area contributed by atoms with Gasteiger partial charge in [0, 0.05) is 13.3 Å². The Balaban J connectivity index is 1.78. The van der Waals surface area contributed by atoms with Crippen LogP contribution in [-0.2, 0) is 9.47 Å². The Morgan fingerprint density at radius 2 is 2.10 bits per heavy atom. The van der Waals surface area contributed by atoms with E-state index in [9.17, 15) is 4.79 Å². The summed E-state index contributed by atoms with van der Waals surface area (Å²) in [6, 6.07) is 1.71. The highest BCUT2D eigenvalue weighted by Crippen LogP contribution is 2.25. The molecule has 0 unspecified atom stereocenters. The Morgan fingerprint density at radius 1 is 1.33 bits per heavy atom. The van der Waals surface area contributed by atoms with Crippen molar-refractivity contribution in [3.05, 3.63) is 23.5 Å². The number of carbonyl (C=O) groups excluding carboxylic acids is 1. The van der Waals surface area contributed by atoms with Crippen LogP contribution in [-0.4, -0.2) is 35.4 Å². The van der Waals surface area contributed by atoms with Crippen LogP contribution >= 0.6 is 0 Å². The number of aromatic nitrogens is 2. The summed E-state index contributed by atoms with van der Waals surface area (Å²) in [4.78, 5) is 16.4. The summed E-state index contributed by atoms with van der Waals surface area (Å²) in [5, 5.41) is 4.56. The number of fused-ring (bicyclic) bond motifs is 1. The number of esters is 1. The van der Waals surface area contributed by atoms with Crippen LogP contribution in [0.25, 0.3) is 11.1 Å². The summed E-state index contributed by atoms with van der Waals surface area (Å²) in [5.74, 6) is -0.376. The summed E-state index contributed by atoms with van der Waals surface area (Å²) in [7, 11) is 1.66. The predicted octanol–water partition coefficient (Wildman–Crippen LogP) is 2.65. The smallest absolute Gasteiger partial charge is 0.340 e. The largest absolute Gasteiger partial charge is 0.456 e.